The van der Waals surface area contributed by atoms with Crippen molar-refractivity contribution in [3.8, 4) is 11.5 Å². The largest absolute Gasteiger partial charge is 0.497 e. The van der Waals surface area contributed by atoms with E-state index >= 15 is 0 Å². The number of carbonyl (C=O) groups is 2. The van der Waals surface area contributed by atoms with Crippen molar-refractivity contribution in [3.63, 3.8) is 0 Å². The summed E-state index contributed by atoms with van der Waals surface area (Å²) in [6, 6.07) is 13.8. The van der Waals surface area contributed by atoms with Crippen molar-refractivity contribution in [2.75, 3.05) is 13.7 Å². The first-order chi connectivity index (χ1) is 16.1. The van der Waals surface area contributed by atoms with E-state index in [-0.39, 0.29) is 5.97 Å². The van der Waals surface area contributed by atoms with Crippen molar-refractivity contribution in [1.29, 1.82) is 0 Å². The molecule has 3 aromatic rings. The van der Waals surface area contributed by atoms with Gasteiger partial charge >= 0.3 is 11.9 Å². The van der Waals surface area contributed by atoms with Crippen LogP contribution in [0, 0.1) is 0 Å². The lowest BCUT2D eigenvalue weighted by Crippen LogP contribution is -2.09. The zero-order valence-corrected chi connectivity index (χ0v) is 19.4. The van der Waals surface area contributed by atoms with E-state index in [0.717, 1.165) is 36.8 Å². The molecule has 1 heterocycles. The third-order valence-electron chi connectivity index (χ3n) is 5.38. The molecule has 2 aromatic carbocycles. The number of benzene rings is 2. The Labute approximate surface area is 196 Å². The van der Waals surface area contributed by atoms with Gasteiger partial charge in [0.2, 0.25) is 0 Å². The Bertz CT molecular complexity index is 1160. The van der Waals surface area contributed by atoms with E-state index in [1.54, 1.807) is 61.1 Å². The summed E-state index contributed by atoms with van der Waals surface area (Å²) in [5.74, 6) is 0.367. The number of aryl methyl sites for hydroxylation is 1. The summed E-state index contributed by atoms with van der Waals surface area (Å²) in [4.78, 5) is 30.7. The van der Waals surface area contributed by atoms with E-state index in [9.17, 15) is 9.59 Å². The van der Waals surface area contributed by atoms with Gasteiger partial charge in [-0.2, -0.15) is 0 Å². The van der Waals surface area contributed by atoms with Gasteiger partial charge in [-0.25, -0.2) is 14.6 Å². The van der Waals surface area contributed by atoms with Crippen molar-refractivity contribution in [3.05, 3.63) is 75.7 Å². The molecule has 0 radical (unpaired) electrons. The molecule has 1 aromatic heterocycles. The molecule has 1 aliphatic rings. The lowest BCUT2D eigenvalue weighted by Gasteiger charge is -2.11. The van der Waals surface area contributed by atoms with Crippen LogP contribution in [0.25, 0.3) is 0 Å². The molecule has 7 heteroatoms. The first kappa shape index (κ1) is 22.7. The molecule has 0 spiro atoms. The summed E-state index contributed by atoms with van der Waals surface area (Å²) >= 11 is 1.57. The summed E-state index contributed by atoms with van der Waals surface area (Å²) in [6.45, 7) is 2.14. The van der Waals surface area contributed by atoms with Crippen LogP contribution in [-0.2, 0) is 17.6 Å². The summed E-state index contributed by atoms with van der Waals surface area (Å²) < 4.78 is 15.8. The minimum Gasteiger partial charge on any atom is -0.497 e. The molecule has 0 unspecified atom stereocenters. The SMILES string of the molecule is CCOC(=O)c1c(/N=C/c2ccc(OC(=O)c3ccc(OC)cc3)cc2)sc2c1CCCC2. The maximum atomic E-state index is 12.6. The monoisotopic (exact) mass is 463 g/mol. The normalized spacial score (nSPS) is 12.9. The van der Waals surface area contributed by atoms with Crippen LogP contribution in [0.2, 0.25) is 0 Å². The zero-order chi connectivity index (χ0) is 23.2. The first-order valence-electron chi connectivity index (χ1n) is 10.9. The molecule has 0 bridgehead atoms. The molecule has 6 nitrogen and oxygen atoms in total. The molecule has 1 aliphatic carbocycles. The van der Waals surface area contributed by atoms with E-state index in [1.165, 1.54) is 4.88 Å². The van der Waals surface area contributed by atoms with Crippen LogP contribution < -0.4 is 9.47 Å². The molecule has 170 valence electrons. The number of hydrogen-bond donors (Lipinski definition) is 0. The number of methoxy groups -OCH3 is 1. The van der Waals surface area contributed by atoms with Crippen LogP contribution >= 0.6 is 11.3 Å². The highest BCUT2D eigenvalue weighted by Gasteiger charge is 2.26. The Morgan fingerprint density at radius 1 is 0.970 bits per heavy atom. The number of nitrogens with zero attached hydrogens (tertiary/aromatic N) is 1. The number of ether oxygens (including phenoxy) is 3. The maximum Gasteiger partial charge on any atom is 0.343 e. The molecular formula is C26H25NO5S. The molecule has 0 fully saturated rings. The number of fused-ring (bicyclic) bond motifs is 1. The second-order valence-corrected chi connectivity index (χ2v) is 8.64. The van der Waals surface area contributed by atoms with E-state index in [0.29, 0.717) is 34.2 Å². The van der Waals surface area contributed by atoms with Crippen LogP contribution in [0.15, 0.2) is 53.5 Å². The number of carbonyl (C=O) groups excluding carboxylic acids is 2. The predicted octanol–water partition coefficient (Wildman–Crippen LogP) is 5.78. The highest BCUT2D eigenvalue weighted by molar-refractivity contribution is 7.16. The van der Waals surface area contributed by atoms with Crippen molar-refractivity contribution in [2.45, 2.75) is 32.6 Å². The molecule has 0 saturated carbocycles. The minimum atomic E-state index is -0.442. The molecule has 0 atom stereocenters. The molecule has 0 aliphatic heterocycles. The van der Waals surface area contributed by atoms with E-state index in [1.807, 2.05) is 19.1 Å². The highest BCUT2D eigenvalue weighted by Crippen LogP contribution is 2.40. The Kier molecular flexibility index (Phi) is 7.19. The zero-order valence-electron chi connectivity index (χ0n) is 18.6. The molecule has 4 rings (SSSR count). The van der Waals surface area contributed by atoms with Gasteiger partial charge in [-0.1, -0.05) is 0 Å². The van der Waals surface area contributed by atoms with Gasteiger partial charge in [-0.05, 0) is 92.3 Å². The van der Waals surface area contributed by atoms with Crippen LogP contribution in [-0.4, -0.2) is 31.9 Å². The fourth-order valence-corrected chi connectivity index (χ4v) is 4.93. The van der Waals surface area contributed by atoms with Crippen LogP contribution in [0.5, 0.6) is 11.5 Å². The average Bonchev–Trinajstić information content (AvgIpc) is 3.22. The van der Waals surface area contributed by atoms with Gasteiger partial charge in [-0.15, -0.1) is 11.3 Å². The fourth-order valence-electron chi connectivity index (χ4n) is 3.70. The smallest absolute Gasteiger partial charge is 0.343 e. The topological polar surface area (TPSA) is 74.2 Å². The minimum absolute atomic E-state index is 0.301. The third kappa shape index (κ3) is 5.31. The Balaban J connectivity index is 1.47. The van der Waals surface area contributed by atoms with E-state index < -0.39 is 5.97 Å². The van der Waals surface area contributed by atoms with Crippen molar-refractivity contribution >= 4 is 34.5 Å². The molecule has 0 amide bonds. The van der Waals surface area contributed by atoms with E-state index in [4.69, 9.17) is 14.2 Å². The van der Waals surface area contributed by atoms with E-state index in [2.05, 4.69) is 4.99 Å². The summed E-state index contributed by atoms with van der Waals surface area (Å²) in [5, 5.41) is 0.690. The molecule has 0 N–H and O–H groups in total. The van der Waals surface area contributed by atoms with Crippen molar-refractivity contribution in [1.82, 2.24) is 0 Å². The number of esters is 2. The predicted molar refractivity (Wildman–Crippen MR) is 129 cm³/mol. The number of rotatable bonds is 7. The molecule has 33 heavy (non-hydrogen) atoms. The second kappa shape index (κ2) is 10.4. The highest BCUT2D eigenvalue weighted by atomic mass is 32.1. The van der Waals surface area contributed by atoms with Gasteiger partial charge < -0.3 is 14.2 Å². The Morgan fingerprint density at radius 3 is 2.36 bits per heavy atom. The van der Waals surface area contributed by atoms with Gasteiger partial charge in [0, 0.05) is 11.1 Å². The van der Waals surface area contributed by atoms with Crippen molar-refractivity contribution in [2.24, 2.45) is 4.99 Å². The van der Waals surface area contributed by atoms with Crippen LogP contribution in [0.1, 0.15) is 56.5 Å². The Morgan fingerprint density at radius 2 is 1.67 bits per heavy atom. The van der Waals surface area contributed by atoms with Crippen molar-refractivity contribution < 1.29 is 23.8 Å². The number of hydrogen-bond acceptors (Lipinski definition) is 7. The summed E-state index contributed by atoms with van der Waals surface area (Å²) in [5.41, 5.74) is 2.98. The number of aliphatic imine (C=N–C) groups is 1. The second-order valence-electron chi connectivity index (χ2n) is 7.56. The van der Waals surface area contributed by atoms with Gasteiger partial charge in [0.15, 0.2) is 0 Å². The lowest BCUT2D eigenvalue weighted by atomic mass is 9.95. The number of thiophene rings is 1. The van der Waals surface area contributed by atoms with Gasteiger partial charge in [0.05, 0.1) is 24.8 Å². The van der Waals surface area contributed by atoms with Crippen LogP contribution in [0.3, 0.4) is 0 Å². The average molecular weight is 464 g/mol. The molecule has 0 saturated heterocycles. The van der Waals surface area contributed by atoms with Crippen LogP contribution in [0.4, 0.5) is 5.00 Å². The maximum absolute atomic E-state index is 12.6. The summed E-state index contributed by atoms with van der Waals surface area (Å²) in [7, 11) is 1.57. The van der Waals surface area contributed by atoms with Gasteiger partial charge in [-0.3, -0.25) is 0 Å². The summed E-state index contributed by atoms with van der Waals surface area (Å²) in [6.07, 6.45) is 5.81. The lowest BCUT2D eigenvalue weighted by molar-refractivity contribution is 0.0526. The fraction of sp³-hybridized carbons (Fsp3) is 0.269. The van der Waals surface area contributed by atoms with Gasteiger partial charge in [0.1, 0.15) is 16.5 Å². The third-order valence-corrected chi connectivity index (χ3v) is 6.58. The standard InChI is InChI=1S/C26H25NO5S/c1-3-31-26(29)23-21-6-4-5-7-22(21)33-24(23)27-16-17-8-12-20(13-9-17)32-25(28)18-10-14-19(30-2)15-11-18/h8-16H,3-7H2,1-2H3/b27-16+. The Hall–Kier alpha value is -3.45. The quantitative estimate of drug-likeness (QED) is 0.252. The molecular weight excluding hydrogens is 438 g/mol. The van der Waals surface area contributed by atoms with Gasteiger partial charge in [0.25, 0.3) is 0 Å². The first-order valence-corrected chi connectivity index (χ1v) is 11.7.